The van der Waals surface area contributed by atoms with Crippen molar-refractivity contribution in [1.29, 1.82) is 5.26 Å². The van der Waals surface area contributed by atoms with E-state index in [1.165, 1.54) is 55.5 Å². The summed E-state index contributed by atoms with van der Waals surface area (Å²) < 4.78 is 5.43. The first-order valence-corrected chi connectivity index (χ1v) is 9.00. The lowest BCUT2D eigenvalue weighted by atomic mass is 9.94. The second kappa shape index (κ2) is 6.32. The summed E-state index contributed by atoms with van der Waals surface area (Å²) >= 11 is 0. The molecule has 0 unspecified atom stereocenters. The fourth-order valence-corrected chi connectivity index (χ4v) is 4.16. The van der Waals surface area contributed by atoms with E-state index in [9.17, 15) is 5.26 Å². The number of aryl methyl sites for hydroxylation is 1. The summed E-state index contributed by atoms with van der Waals surface area (Å²) in [4.78, 5) is 4.85. The SMILES string of the molecule is COc1cc2c(NC3CCCCC3)c3c(nc2cc1C#N)CCC3. The summed E-state index contributed by atoms with van der Waals surface area (Å²) in [7, 11) is 1.62. The van der Waals surface area contributed by atoms with Crippen molar-refractivity contribution in [2.45, 2.75) is 57.4 Å². The number of hydrogen-bond acceptors (Lipinski definition) is 4. The molecule has 4 nitrogen and oxygen atoms in total. The number of hydrogen-bond donors (Lipinski definition) is 1. The third kappa shape index (κ3) is 2.58. The van der Waals surface area contributed by atoms with Gasteiger partial charge in [0.1, 0.15) is 11.8 Å². The van der Waals surface area contributed by atoms with Crippen LogP contribution in [0.2, 0.25) is 0 Å². The Morgan fingerprint density at radius 1 is 1.17 bits per heavy atom. The number of ether oxygens (including phenoxy) is 1. The lowest BCUT2D eigenvalue weighted by molar-refractivity contribution is 0.414. The molecule has 1 heterocycles. The summed E-state index contributed by atoms with van der Waals surface area (Å²) in [6, 6.07) is 6.64. The number of anilines is 1. The molecule has 0 saturated heterocycles. The molecular weight excluding hydrogens is 298 g/mol. The highest BCUT2D eigenvalue weighted by Gasteiger charge is 2.23. The topological polar surface area (TPSA) is 57.9 Å². The predicted molar refractivity (Wildman–Crippen MR) is 95.5 cm³/mol. The van der Waals surface area contributed by atoms with E-state index in [1.54, 1.807) is 7.11 Å². The van der Waals surface area contributed by atoms with Crippen LogP contribution < -0.4 is 10.1 Å². The van der Waals surface area contributed by atoms with Gasteiger partial charge in [-0.2, -0.15) is 5.26 Å². The number of fused-ring (bicyclic) bond motifs is 2. The van der Waals surface area contributed by atoms with Crippen molar-refractivity contribution in [2.24, 2.45) is 0 Å². The minimum atomic E-state index is 0.552. The van der Waals surface area contributed by atoms with Crippen LogP contribution in [-0.2, 0) is 12.8 Å². The Kier molecular flexibility index (Phi) is 4.02. The first-order valence-electron chi connectivity index (χ1n) is 9.00. The van der Waals surface area contributed by atoms with Gasteiger partial charge in [-0.05, 0) is 49.8 Å². The lowest BCUT2D eigenvalue weighted by Crippen LogP contribution is -2.23. The second-order valence-electron chi connectivity index (χ2n) is 6.93. The van der Waals surface area contributed by atoms with Crippen molar-refractivity contribution in [3.8, 4) is 11.8 Å². The van der Waals surface area contributed by atoms with Gasteiger partial charge in [-0.15, -0.1) is 0 Å². The first kappa shape index (κ1) is 15.3. The Morgan fingerprint density at radius 2 is 2.00 bits per heavy atom. The lowest BCUT2D eigenvalue weighted by Gasteiger charge is -2.26. The monoisotopic (exact) mass is 321 g/mol. The normalized spacial score (nSPS) is 17.5. The van der Waals surface area contributed by atoms with Crippen molar-refractivity contribution in [3.63, 3.8) is 0 Å². The number of pyridine rings is 1. The number of rotatable bonds is 3. The van der Waals surface area contributed by atoms with Crippen molar-refractivity contribution in [1.82, 2.24) is 4.98 Å². The molecule has 0 amide bonds. The molecule has 1 N–H and O–H groups in total. The molecule has 4 rings (SSSR count). The molecule has 124 valence electrons. The first-order chi connectivity index (χ1) is 11.8. The van der Waals surface area contributed by atoms with Crippen LogP contribution in [0, 0.1) is 11.3 Å². The molecule has 4 heteroatoms. The summed E-state index contributed by atoms with van der Waals surface area (Å²) in [5.74, 6) is 0.636. The zero-order valence-electron chi connectivity index (χ0n) is 14.2. The number of aromatic nitrogens is 1. The van der Waals surface area contributed by atoms with Crippen LogP contribution in [0.3, 0.4) is 0 Å². The molecule has 0 bridgehead atoms. The van der Waals surface area contributed by atoms with Crippen molar-refractivity contribution >= 4 is 16.6 Å². The number of benzene rings is 1. The van der Waals surface area contributed by atoms with Gasteiger partial charge >= 0.3 is 0 Å². The maximum absolute atomic E-state index is 9.36. The molecule has 2 aliphatic carbocycles. The standard InChI is InChI=1S/C20H23N3O/c1-24-19-11-16-18(10-13(19)12-21)23-17-9-5-8-15(17)20(16)22-14-6-3-2-4-7-14/h10-11,14H,2-9H2,1H3,(H,22,23). The number of nitrogens with one attached hydrogen (secondary N) is 1. The van der Waals surface area contributed by atoms with Crippen LogP contribution in [-0.4, -0.2) is 18.1 Å². The van der Waals surface area contributed by atoms with Gasteiger partial charge < -0.3 is 10.1 Å². The van der Waals surface area contributed by atoms with Gasteiger partial charge in [0.15, 0.2) is 0 Å². The highest BCUT2D eigenvalue weighted by Crippen LogP contribution is 2.38. The van der Waals surface area contributed by atoms with Gasteiger partial charge in [0.05, 0.1) is 18.2 Å². The van der Waals surface area contributed by atoms with E-state index in [-0.39, 0.29) is 0 Å². The van der Waals surface area contributed by atoms with E-state index in [2.05, 4.69) is 11.4 Å². The van der Waals surface area contributed by atoms with E-state index in [4.69, 9.17) is 9.72 Å². The molecule has 24 heavy (non-hydrogen) atoms. The molecule has 0 atom stereocenters. The summed E-state index contributed by atoms with van der Waals surface area (Å²) in [6.07, 6.45) is 9.76. The molecule has 1 fully saturated rings. The van der Waals surface area contributed by atoms with Gasteiger partial charge in [0, 0.05) is 22.8 Å². The van der Waals surface area contributed by atoms with Crippen LogP contribution in [0.4, 0.5) is 5.69 Å². The predicted octanol–water partition coefficient (Wildman–Crippen LogP) is 4.35. The van der Waals surface area contributed by atoms with Gasteiger partial charge in [0.2, 0.25) is 0 Å². The van der Waals surface area contributed by atoms with Gasteiger partial charge in [-0.1, -0.05) is 19.3 Å². The molecule has 1 saturated carbocycles. The molecular formula is C20H23N3O. The zero-order chi connectivity index (χ0) is 16.5. The molecule has 2 aliphatic rings. The Bertz CT molecular complexity index is 816. The van der Waals surface area contributed by atoms with Crippen molar-refractivity contribution in [3.05, 3.63) is 29.0 Å². The maximum Gasteiger partial charge on any atom is 0.137 e. The summed E-state index contributed by atoms with van der Waals surface area (Å²) in [5.41, 5.74) is 5.28. The van der Waals surface area contributed by atoms with E-state index in [0.29, 0.717) is 17.4 Å². The summed E-state index contributed by atoms with van der Waals surface area (Å²) in [6.45, 7) is 0. The average Bonchev–Trinajstić information content (AvgIpc) is 3.09. The highest BCUT2D eigenvalue weighted by molar-refractivity contribution is 5.96. The zero-order valence-corrected chi connectivity index (χ0v) is 14.2. The number of nitrogens with zero attached hydrogens (tertiary/aromatic N) is 2. The van der Waals surface area contributed by atoms with E-state index in [1.807, 2.05) is 12.1 Å². The fourth-order valence-electron chi connectivity index (χ4n) is 4.16. The molecule has 0 radical (unpaired) electrons. The highest BCUT2D eigenvalue weighted by atomic mass is 16.5. The molecule has 1 aromatic carbocycles. The van der Waals surface area contributed by atoms with Crippen molar-refractivity contribution < 1.29 is 4.74 Å². The Morgan fingerprint density at radius 3 is 2.75 bits per heavy atom. The minimum absolute atomic E-state index is 0.552. The van der Waals surface area contributed by atoms with Gasteiger partial charge in [-0.3, -0.25) is 4.98 Å². The minimum Gasteiger partial charge on any atom is -0.495 e. The maximum atomic E-state index is 9.36. The van der Waals surface area contributed by atoms with E-state index < -0.39 is 0 Å². The quantitative estimate of drug-likeness (QED) is 0.913. The van der Waals surface area contributed by atoms with Gasteiger partial charge in [0.25, 0.3) is 0 Å². The largest absolute Gasteiger partial charge is 0.495 e. The molecule has 0 spiro atoms. The summed E-state index contributed by atoms with van der Waals surface area (Å²) in [5, 5.41) is 14.3. The van der Waals surface area contributed by atoms with Crippen LogP contribution in [0.25, 0.3) is 10.9 Å². The average molecular weight is 321 g/mol. The smallest absolute Gasteiger partial charge is 0.137 e. The number of nitriles is 1. The van der Waals surface area contributed by atoms with Crippen LogP contribution in [0.1, 0.15) is 55.3 Å². The number of methoxy groups -OCH3 is 1. The van der Waals surface area contributed by atoms with Crippen LogP contribution in [0.5, 0.6) is 5.75 Å². The molecule has 1 aromatic heterocycles. The van der Waals surface area contributed by atoms with Crippen molar-refractivity contribution in [2.75, 3.05) is 12.4 Å². The molecule has 2 aromatic rings. The van der Waals surface area contributed by atoms with E-state index in [0.717, 1.165) is 23.7 Å². The Balaban J connectivity index is 1.87. The van der Waals surface area contributed by atoms with Crippen LogP contribution in [0.15, 0.2) is 12.1 Å². The second-order valence-corrected chi connectivity index (χ2v) is 6.93. The fraction of sp³-hybridized carbons (Fsp3) is 0.500. The third-order valence-corrected chi connectivity index (χ3v) is 5.41. The van der Waals surface area contributed by atoms with E-state index >= 15 is 0 Å². The van der Waals surface area contributed by atoms with Gasteiger partial charge in [-0.25, -0.2) is 0 Å². The van der Waals surface area contributed by atoms with Crippen LogP contribution >= 0.6 is 0 Å². The third-order valence-electron chi connectivity index (χ3n) is 5.41. The molecule has 0 aliphatic heterocycles. The Labute approximate surface area is 142 Å². The Hall–Kier alpha value is -2.28.